The van der Waals surface area contributed by atoms with E-state index >= 15 is 0 Å². The fourth-order valence-electron chi connectivity index (χ4n) is 4.77. The second-order valence-electron chi connectivity index (χ2n) is 9.05. The largest absolute Gasteiger partial charge is 0.384 e. The lowest BCUT2D eigenvalue weighted by atomic mass is 10.1. The van der Waals surface area contributed by atoms with Crippen LogP contribution in [0.2, 0.25) is 0 Å². The van der Waals surface area contributed by atoms with E-state index in [-0.39, 0.29) is 17.3 Å². The third-order valence-electron chi connectivity index (χ3n) is 6.57. The molecule has 0 saturated carbocycles. The summed E-state index contributed by atoms with van der Waals surface area (Å²) >= 11 is 0. The third kappa shape index (κ3) is 4.40. The molecule has 0 unspecified atom stereocenters. The first kappa shape index (κ1) is 23.8. The van der Waals surface area contributed by atoms with Crippen LogP contribution in [0.25, 0.3) is 32.8 Å². The molecule has 190 valence electrons. The monoisotopic (exact) mass is 523 g/mol. The smallest absolute Gasteiger partial charge is 0.241 e. The number of rotatable bonds is 8. The van der Waals surface area contributed by atoms with E-state index in [1.807, 2.05) is 65.2 Å². The molecular formula is C28H25N7O2S. The maximum atomic E-state index is 13.2. The van der Waals surface area contributed by atoms with Crippen molar-refractivity contribution in [3.8, 4) is 0 Å². The van der Waals surface area contributed by atoms with Crippen molar-refractivity contribution >= 4 is 48.7 Å². The van der Waals surface area contributed by atoms with Gasteiger partial charge < -0.3 is 15.3 Å². The number of benzene rings is 4. The highest BCUT2D eigenvalue weighted by molar-refractivity contribution is 7.89. The summed E-state index contributed by atoms with van der Waals surface area (Å²) in [5, 5.41) is 9.23. The molecule has 4 aromatic carbocycles. The number of aromatic amines is 1. The second kappa shape index (κ2) is 9.40. The van der Waals surface area contributed by atoms with Crippen LogP contribution in [-0.4, -0.2) is 40.3 Å². The minimum atomic E-state index is -3.72. The number of imidazole rings is 2. The predicted molar refractivity (Wildman–Crippen MR) is 149 cm³/mol. The number of hydrogen-bond acceptors (Lipinski definition) is 5. The molecule has 0 radical (unpaired) electrons. The molecule has 0 aliphatic carbocycles. The number of fused-ring (bicyclic) bond motifs is 3. The van der Waals surface area contributed by atoms with E-state index in [9.17, 15) is 8.42 Å². The van der Waals surface area contributed by atoms with E-state index in [2.05, 4.69) is 14.7 Å². The summed E-state index contributed by atoms with van der Waals surface area (Å²) in [5.41, 5.74) is 9.55. The van der Waals surface area contributed by atoms with Crippen LogP contribution in [0.3, 0.4) is 0 Å². The van der Waals surface area contributed by atoms with E-state index in [1.165, 1.54) is 0 Å². The molecule has 5 N–H and O–H groups in total. The summed E-state index contributed by atoms with van der Waals surface area (Å²) in [6.07, 6.45) is 0.425. The molecule has 0 aliphatic rings. The van der Waals surface area contributed by atoms with Gasteiger partial charge in [0.1, 0.15) is 17.5 Å². The molecule has 0 amide bonds. The Hall–Kier alpha value is -4.54. The Morgan fingerprint density at radius 2 is 1.74 bits per heavy atom. The van der Waals surface area contributed by atoms with Crippen molar-refractivity contribution in [1.29, 1.82) is 5.41 Å². The van der Waals surface area contributed by atoms with Crippen molar-refractivity contribution in [3.05, 3.63) is 102 Å². The summed E-state index contributed by atoms with van der Waals surface area (Å²) in [4.78, 5) is 13.1. The number of nitrogens with zero attached hydrogens (tertiary/aromatic N) is 3. The van der Waals surface area contributed by atoms with Gasteiger partial charge in [0.05, 0.1) is 33.4 Å². The van der Waals surface area contributed by atoms with Crippen molar-refractivity contribution in [2.24, 2.45) is 5.73 Å². The van der Waals surface area contributed by atoms with Gasteiger partial charge in [0.2, 0.25) is 10.0 Å². The van der Waals surface area contributed by atoms with Gasteiger partial charge in [-0.05, 0) is 41.8 Å². The molecule has 9 nitrogen and oxygen atoms in total. The third-order valence-corrected chi connectivity index (χ3v) is 8.09. The summed E-state index contributed by atoms with van der Waals surface area (Å²) in [7, 11) is -3.72. The number of H-pyrrole nitrogens is 1. The highest BCUT2D eigenvalue weighted by Gasteiger charge is 2.18. The molecule has 0 saturated heterocycles. The number of amidine groups is 1. The Labute approximate surface area is 218 Å². The Morgan fingerprint density at radius 3 is 2.61 bits per heavy atom. The van der Waals surface area contributed by atoms with Crippen LogP contribution < -0.4 is 10.5 Å². The zero-order valence-corrected chi connectivity index (χ0v) is 21.2. The lowest BCUT2D eigenvalue weighted by Crippen LogP contribution is -2.28. The summed E-state index contributed by atoms with van der Waals surface area (Å²) in [6.45, 7) is 0.593. The molecule has 6 rings (SSSR count). The SMILES string of the molecule is N=C(N)c1ccc2[nH]c(Cc3nc4ccccc4n3CCNS(=O)(=O)c3cccc4ccccc34)nc2c1. The highest BCUT2D eigenvalue weighted by Crippen LogP contribution is 2.23. The zero-order chi connectivity index (χ0) is 26.3. The van der Waals surface area contributed by atoms with Gasteiger partial charge in [-0.1, -0.05) is 48.5 Å². The normalized spacial score (nSPS) is 12.0. The van der Waals surface area contributed by atoms with Crippen LogP contribution >= 0.6 is 0 Å². The van der Waals surface area contributed by atoms with E-state index in [0.29, 0.717) is 29.7 Å². The maximum absolute atomic E-state index is 13.2. The van der Waals surface area contributed by atoms with E-state index < -0.39 is 10.0 Å². The van der Waals surface area contributed by atoms with Crippen LogP contribution in [-0.2, 0) is 23.0 Å². The maximum Gasteiger partial charge on any atom is 0.241 e. The van der Waals surface area contributed by atoms with E-state index in [1.54, 1.807) is 24.3 Å². The van der Waals surface area contributed by atoms with Crippen molar-refractivity contribution in [2.75, 3.05) is 6.54 Å². The molecular weight excluding hydrogens is 498 g/mol. The molecule has 0 bridgehead atoms. The second-order valence-corrected chi connectivity index (χ2v) is 10.8. The number of sulfonamides is 1. The molecule has 0 fully saturated rings. The summed E-state index contributed by atoms with van der Waals surface area (Å²) < 4.78 is 31.2. The van der Waals surface area contributed by atoms with Gasteiger partial charge >= 0.3 is 0 Å². The Bertz CT molecular complexity index is 1930. The molecule has 0 atom stereocenters. The molecule has 38 heavy (non-hydrogen) atoms. The molecule has 2 heterocycles. The fourth-order valence-corrected chi connectivity index (χ4v) is 6.02. The fraction of sp³-hybridized carbons (Fsp3) is 0.107. The quantitative estimate of drug-likeness (QED) is 0.177. The van der Waals surface area contributed by atoms with Crippen molar-refractivity contribution in [1.82, 2.24) is 24.2 Å². The number of nitrogens with two attached hydrogens (primary N) is 1. The summed E-state index contributed by atoms with van der Waals surface area (Å²) in [5.74, 6) is 1.47. The first-order chi connectivity index (χ1) is 18.4. The van der Waals surface area contributed by atoms with Crippen LogP contribution in [0, 0.1) is 5.41 Å². The average Bonchev–Trinajstić information content (AvgIpc) is 3.48. The minimum Gasteiger partial charge on any atom is -0.384 e. The van der Waals surface area contributed by atoms with Crippen LogP contribution in [0.1, 0.15) is 17.2 Å². The van der Waals surface area contributed by atoms with Gasteiger partial charge in [-0.25, -0.2) is 23.1 Å². The van der Waals surface area contributed by atoms with Gasteiger partial charge in [0, 0.05) is 24.0 Å². The standard InChI is InChI=1S/C28H25N7O2S/c29-28(30)19-12-13-21-23(16-19)33-26(32-21)17-27-34-22-9-3-4-10-24(22)35(27)15-14-31-38(36,37)25-11-5-7-18-6-1-2-8-20(18)25/h1-13,16,31H,14-15,17H2,(H3,29,30)(H,32,33). The number of hydrogen-bond donors (Lipinski definition) is 4. The van der Waals surface area contributed by atoms with Crippen LogP contribution in [0.15, 0.2) is 89.8 Å². The van der Waals surface area contributed by atoms with Crippen LogP contribution in [0.4, 0.5) is 0 Å². The van der Waals surface area contributed by atoms with Gasteiger partial charge in [0.15, 0.2) is 0 Å². The lowest BCUT2D eigenvalue weighted by molar-refractivity contribution is 0.572. The number of nitrogens with one attached hydrogen (secondary N) is 3. The number of para-hydroxylation sites is 2. The average molecular weight is 524 g/mol. The Morgan fingerprint density at radius 1 is 0.947 bits per heavy atom. The molecule has 10 heteroatoms. The molecule has 0 aliphatic heterocycles. The van der Waals surface area contributed by atoms with Gasteiger partial charge in [-0.15, -0.1) is 0 Å². The van der Waals surface area contributed by atoms with Gasteiger partial charge in [-0.2, -0.15) is 0 Å². The first-order valence-electron chi connectivity index (χ1n) is 12.1. The highest BCUT2D eigenvalue weighted by atomic mass is 32.2. The Kier molecular flexibility index (Phi) is 5.90. The van der Waals surface area contributed by atoms with E-state index in [0.717, 1.165) is 33.3 Å². The predicted octanol–water partition coefficient (Wildman–Crippen LogP) is 3.92. The van der Waals surface area contributed by atoms with Gasteiger partial charge in [0.25, 0.3) is 0 Å². The molecule has 0 spiro atoms. The van der Waals surface area contributed by atoms with Crippen molar-refractivity contribution in [2.45, 2.75) is 17.9 Å². The number of aromatic nitrogens is 4. The topological polar surface area (TPSA) is 143 Å². The van der Waals surface area contributed by atoms with Crippen LogP contribution in [0.5, 0.6) is 0 Å². The van der Waals surface area contributed by atoms with Gasteiger partial charge in [-0.3, -0.25) is 5.41 Å². The molecule has 6 aromatic rings. The zero-order valence-electron chi connectivity index (χ0n) is 20.3. The lowest BCUT2D eigenvalue weighted by Gasteiger charge is -2.12. The molecule has 2 aromatic heterocycles. The minimum absolute atomic E-state index is 0.0100. The first-order valence-corrected chi connectivity index (χ1v) is 13.6. The van der Waals surface area contributed by atoms with Crippen molar-refractivity contribution < 1.29 is 8.42 Å². The summed E-state index contributed by atoms with van der Waals surface area (Å²) in [6, 6.07) is 25.9. The van der Waals surface area contributed by atoms with Crippen molar-refractivity contribution in [3.63, 3.8) is 0 Å². The number of nitrogen functional groups attached to an aromatic ring is 1. The Balaban J connectivity index is 1.27. The van der Waals surface area contributed by atoms with E-state index in [4.69, 9.17) is 16.1 Å².